The van der Waals surface area contributed by atoms with E-state index in [-0.39, 0.29) is 5.92 Å². The lowest BCUT2D eigenvalue weighted by molar-refractivity contribution is 0.405. The molecule has 75 valence electrons. The molecule has 1 rings (SSSR count). The van der Waals surface area contributed by atoms with Crippen molar-refractivity contribution in [3.05, 3.63) is 48.9 Å². The Morgan fingerprint density at radius 1 is 1.50 bits per heavy atom. The van der Waals surface area contributed by atoms with Gasteiger partial charge in [-0.2, -0.15) is 0 Å². The summed E-state index contributed by atoms with van der Waals surface area (Å²) >= 11 is 0. The molecule has 1 heteroatoms. The molecule has 0 aliphatic carbocycles. The average Bonchev–Trinajstić information content (AvgIpc) is 2.26. The molecule has 0 fully saturated rings. The van der Waals surface area contributed by atoms with Gasteiger partial charge in [-0.15, -0.1) is 6.58 Å². The highest BCUT2D eigenvalue weighted by molar-refractivity contribution is 5.45. The van der Waals surface area contributed by atoms with Crippen molar-refractivity contribution >= 4 is 0 Å². The van der Waals surface area contributed by atoms with Gasteiger partial charge in [0, 0.05) is 11.5 Å². The Morgan fingerprint density at radius 2 is 2.21 bits per heavy atom. The van der Waals surface area contributed by atoms with Gasteiger partial charge in [-0.1, -0.05) is 31.2 Å². The van der Waals surface area contributed by atoms with Crippen LogP contribution in [0.15, 0.2) is 30.9 Å². The van der Waals surface area contributed by atoms with E-state index >= 15 is 0 Å². The molecule has 0 spiro atoms. The van der Waals surface area contributed by atoms with Gasteiger partial charge in [-0.05, 0) is 18.9 Å². The summed E-state index contributed by atoms with van der Waals surface area (Å²) in [6.07, 6.45) is 2.80. The second-order valence-electron chi connectivity index (χ2n) is 3.24. The molecular weight excluding hydrogens is 172 g/mol. The van der Waals surface area contributed by atoms with Gasteiger partial charge >= 0.3 is 0 Å². The first-order valence-corrected chi connectivity index (χ1v) is 4.86. The Bertz CT molecular complexity index is 315. The van der Waals surface area contributed by atoms with E-state index in [9.17, 15) is 0 Å². The normalized spacial score (nSPS) is 12.2. The van der Waals surface area contributed by atoms with Gasteiger partial charge in [0.2, 0.25) is 0 Å². The quantitative estimate of drug-likeness (QED) is 0.660. The zero-order valence-electron chi connectivity index (χ0n) is 8.92. The minimum absolute atomic E-state index is 0.0939. The first kappa shape index (κ1) is 10.8. The third-order valence-corrected chi connectivity index (χ3v) is 2.40. The second kappa shape index (κ2) is 4.85. The number of hydrogen-bond acceptors (Lipinski definition) is 1. The molecule has 1 aromatic rings. The van der Waals surface area contributed by atoms with Gasteiger partial charge in [0.05, 0.1) is 7.11 Å². The molecule has 0 heterocycles. The van der Waals surface area contributed by atoms with Crippen LogP contribution in [0.3, 0.4) is 0 Å². The number of hydrogen-bond donors (Lipinski definition) is 0. The van der Waals surface area contributed by atoms with Crippen LogP contribution in [0.5, 0.6) is 5.75 Å². The van der Waals surface area contributed by atoms with Gasteiger partial charge < -0.3 is 4.74 Å². The summed E-state index contributed by atoms with van der Waals surface area (Å²) < 4.78 is 5.40. The molecule has 0 aliphatic heterocycles. The van der Waals surface area contributed by atoms with Crippen LogP contribution >= 0.6 is 0 Å². The van der Waals surface area contributed by atoms with E-state index < -0.39 is 0 Å². The topological polar surface area (TPSA) is 9.23 Å². The molecule has 1 nitrogen and oxygen atoms in total. The highest BCUT2D eigenvalue weighted by Gasteiger charge is 2.10. The monoisotopic (exact) mass is 189 g/mol. The first-order valence-electron chi connectivity index (χ1n) is 4.86. The Hall–Kier alpha value is -1.24. The van der Waals surface area contributed by atoms with E-state index in [0.717, 1.165) is 17.7 Å². The molecule has 0 saturated carbocycles. The van der Waals surface area contributed by atoms with Crippen LogP contribution in [-0.4, -0.2) is 7.11 Å². The lowest BCUT2D eigenvalue weighted by atomic mass is 9.97. The summed E-state index contributed by atoms with van der Waals surface area (Å²) in [6.45, 7) is 9.88. The van der Waals surface area contributed by atoms with Crippen LogP contribution in [0.1, 0.15) is 24.0 Å². The standard InChI is InChI=1S/C13H17O/c1-5-10(3)12-9-7-8-11(6-2)13(12)14-4/h5,7-10H,1,3,6H2,2,4H3. The van der Waals surface area contributed by atoms with E-state index in [1.807, 2.05) is 18.2 Å². The number of allylic oxidation sites excluding steroid dienone is 1. The number of aryl methyl sites for hydroxylation is 1. The van der Waals surface area contributed by atoms with Gasteiger partial charge in [0.15, 0.2) is 0 Å². The lowest BCUT2D eigenvalue weighted by Crippen LogP contribution is -1.98. The number of benzene rings is 1. The van der Waals surface area contributed by atoms with Crippen molar-refractivity contribution in [1.82, 2.24) is 0 Å². The third kappa shape index (κ3) is 1.98. The molecule has 0 saturated heterocycles. The van der Waals surface area contributed by atoms with Crippen molar-refractivity contribution in [2.24, 2.45) is 0 Å². The number of para-hydroxylation sites is 1. The van der Waals surface area contributed by atoms with Gasteiger partial charge in [0.1, 0.15) is 5.75 Å². The minimum Gasteiger partial charge on any atom is -0.496 e. The summed E-state index contributed by atoms with van der Waals surface area (Å²) in [5.41, 5.74) is 2.34. The molecule has 1 radical (unpaired) electrons. The van der Waals surface area contributed by atoms with Gasteiger partial charge in [-0.3, -0.25) is 0 Å². The fourth-order valence-corrected chi connectivity index (χ4v) is 1.55. The molecule has 1 atom stereocenters. The number of rotatable bonds is 4. The Labute approximate surface area is 86.4 Å². The highest BCUT2D eigenvalue weighted by atomic mass is 16.5. The molecule has 0 amide bonds. The van der Waals surface area contributed by atoms with Crippen molar-refractivity contribution in [1.29, 1.82) is 0 Å². The molecule has 0 bridgehead atoms. The van der Waals surface area contributed by atoms with E-state index in [0.29, 0.717) is 0 Å². The molecule has 0 aliphatic rings. The minimum atomic E-state index is 0.0939. The number of methoxy groups -OCH3 is 1. The maximum Gasteiger partial charge on any atom is 0.125 e. The van der Waals surface area contributed by atoms with E-state index in [1.54, 1.807) is 7.11 Å². The Morgan fingerprint density at radius 3 is 2.71 bits per heavy atom. The molecule has 1 aromatic carbocycles. The fraction of sp³-hybridized carbons (Fsp3) is 0.308. The summed E-state index contributed by atoms with van der Waals surface area (Å²) in [5.74, 6) is 1.05. The highest BCUT2D eigenvalue weighted by Crippen LogP contribution is 2.30. The summed E-state index contributed by atoms with van der Waals surface area (Å²) in [5, 5.41) is 0. The van der Waals surface area contributed by atoms with E-state index in [4.69, 9.17) is 4.74 Å². The van der Waals surface area contributed by atoms with Gasteiger partial charge in [-0.25, -0.2) is 0 Å². The maximum atomic E-state index is 5.40. The lowest BCUT2D eigenvalue weighted by Gasteiger charge is -2.15. The van der Waals surface area contributed by atoms with Crippen molar-refractivity contribution in [2.45, 2.75) is 19.3 Å². The van der Waals surface area contributed by atoms with Crippen molar-refractivity contribution in [3.63, 3.8) is 0 Å². The van der Waals surface area contributed by atoms with Crippen LogP contribution in [0.2, 0.25) is 0 Å². The zero-order valence-corrected chi connectivity index (χ0v) is 8.92. The first-order chi connectivity index (χ1) is 6.74. The smallest absolute Gasteiger partial charge is 0.125 e. The second-order valence-corrected chi connectivity index (χ2v) is 3.24. The average molecular weight is 189 g/mol. The van der Waals surface area contributed by atoms with Crippen molar-refractivity contribution in [2.75, 3.05) is 7.11 Å². The molecule has 1 unspecified atom stereocenters. The summed E-state index contributed by atoms with van der Waals surface area (Å²) in [6, 6.07) is 6.16. The van der Waals surface area contributed by atoms with Crippen LogP contribution in [-0.2, 0) is 6.42 Å². The fourth-order valence-electron chi connectivity index (χ4n) is 1.55. The van der Waals surface area contributed by atoms with Crippen molar-refractivity contribution in [3.8, 4) is 5.75 Å². The summed E-state index contributed by atoms with van der Waals surface area (Å²) in [4.78, 5) is 0. The Kier molecular flexibility index (Phi) is 3.75. The molecule has 0 N–H and O–H groups in total. The molecule has 0 aromatic heterocycles. The van der Waals surface area contributed by atoms with E-state index in [2.05, 4.69) is 26.5 Å². The van der Waals surface area contributed by atoms with Crippen LogP contribution in [0.25, 0.3) is 0 Å². The van der Waals surface area contributed by atoms with E-state index in [1.165, 1.54) is 5.56 Å². The Balaban J connectivity index is 3.21. The zero-order chi connectivity index (χ0) is 10.6. The number of ether oxygens (including phenoxy) is 1. The van der Waals surface area contributed by atoms with Crippen molar-refractivity contribution < 1.29 is 4.74 Å². The predicted molar refractivity (Wildman–Crippen MR) is 60.7 cm³/mol. The SMILES string of the molecule is [CH2]C(C=C)c1cccc(CC)c1OC. The van der Waals surface area contributed by atoms with Gasteiger partial charge in [0.25, 0.3) is 0 Å². The third-order valence-electron chi connectivity index (χ3n) is 2.40. The molecule has 14 heavy (non-hydrogen) atoms. The largest absolute Gasteiger partial charge is 0.496 e. The van der Waals surface area contributed by atoms with Crippen LogP contribution in [0, 0.1) is 6.92 Å². The summed E-state index contributed by atoms with van der Waals surface area (Å²) in [7, 11) is 1.70. The van der Waals surface area contributed by atoms with Crippen LogP contribution < -0.4 is 4.74 Å². The maximum absolute atomic E-state index is 5.40. The predicted octanol–water partition coefficient (Wildman–Crippen LogP) is 3.36. The van der Waals surface area contributed by atoms with Crippen LogP contribution in [0.4, 0.5) is 0 Å². The molecular formula is C13H17O.